The van der Waals surface area contributed by atoms with Crippen molar-refractivity contribution in [3.05, 3.63) is 24.2 Å². The third-order valence-corrected chi connectivity index (χ3v) is 3.22. The number of hydrogen-bond acceptors (Lipinski definition) is 4. The van der Waals surface area contributed by atoms with Gasteiger partial charge in [-0.25, -0.2) is 4.98 Å². The highest BCUT2D eigenvalue weighted by atomic mass is 127. The maximum absolute atomic E-state index is 5.27. The molecule has 2 aromatic rings. The van der Waals surface area contributed by atoms with Gasteiger partial charge in [0.2, 0.25) is 5.82 Å². The van der Waals surface area contributed by atoms with Gasteiger partial charge in [0.1, 0.15) is 5.82 Å². The Kier molecular flexibility index (Phi) is 9.34. The fraction of sp³-hybridized carbons (Fsp3) is 0.533. The van der Waals surface area contributed by atoms with Crippen LogP contribution in [-0.2, 0) is 6.42 Å². The lowest BCUT2D eigenvalue weighted by atomic mass is 10.2. The highest BCUT2D eigenvalue weighted by Gasteiger charge is 2.08. The summed E-state index contributed by atoms with van der Waals surface area (Å²) in [6.07, 6.45) is 5.96. The Hall–Kier alpha value is -1.58. The number of guanidine groups is 1. The number of nitrogens with zero attached hydrogens (tertiary/aromatic N) is 3. The van der Waals surface area contributed by atoms with Crippen LogP contribution in [-0.4, -0.2) is 41.3 Å². The highest BCUT2D eigenvalue weighted by molar-refractivity contribution is 14.0. The molecule has 0 radical (unpaired) electrons. The summed E-state index contributed by atoms with van der Waals surface area (Å²) in [4.78, 5) is 8.60. The van der Waals surface area contributed by atoms with E-state index in [0.29, 0.717) is 11.6 Å². The van der Waals surface area contributed by atoms with Crippen LogP contribution in [0.3, 0.4) is 0 Å². The number of nitrogens with one attached hydrogen (secondary N) is 3. The van der Waals surface area contributed by atoms with Gasteiger partial charge >= 0.3 is 0 Å². The van der Waals surface area contributed by atoms with Crippen LogP contribution < -0.4 is 10.6 Å². The lowest BCUT2D eigenvalue weighted by Crippen LogP contribution is -2.38. The first-order chi connectivity index (χ1) is 10.8. The highest BCUT2D eigenvalue weighted by Crippen LogP contribution is 2.14. The zero-order valence-electron chi connectivity index (χ0n) is 13.6. The van der Waals surface area contributed by atoms with Crippen LogP contribution in [0, 0.1) is 0 Å². The number of aromatic nitrogens is 3. The van der Waals surface area contributed by atoms with Gasteiger partial charge in [-0.05, 0) is 18.6 Å². The molecule has 2 aromatic heterocycles. The third kappa shape index (κ3) is 6.59. The molecule has 23 heavy (non-hydrogen) atoms. The minimum Gasteiger partial charge on any atom is -0.461 e. The number of halogens is 1. The van der Waals surface area contributed by atoms with Crippen molar-refractivity contribution < 1.29 is 4.42 Å². The summed E-state index contributed by atoms with van der Waals surface area (Å²) in [6.45, 7) is 3.88. The predicted octanol–water partition coefficient (Wildman–Crippen LogP) is 2.58. The number of hydrogen-bond donors (Lipinski definition) is 3. The smallest absolute Gasteiger partial charge is 0.216 e. The predicted molar refractivity (Wildman–Crippen MR) is 102 cm³/mol. The molecule has 128 valence electrons. The van der Waals surface area contributed by atoms with Gasteiger partial charge in [0, 0.05) is 26.6 Å². The molecule has 0 spiro atoms. The second kappa shape index (κ2) is 11.0. The quantitative estimate of drug-likeness (QED) is 0.258. The average Bonchev–Trinajstić information content (AvgIpc) is 3.20. The standard InChI is InChI=1S/C15H24N6O.HI/c1-3-4-5-9-17-15(16-2)18-10-8-13-19-14(21-20-13)12-7-6-11-22-12;/h6-7,11H,3-5,8-10H2,1-2H3,(H2,16,17,18)(H,19,20,21);1H. The van der Waals surface area contributed by atoms with Crippen LogP contribution in [0.25, 0.3) is 11.6 Å². The van der Waals surface area contributed by atoms with Crippen molar-refractivity contribution in [2.24, 2.45) is 4.99 Å². The van der Waals surface area contributed by atoms with Crippen molar-refractivity contribution in [3.63, 3.8) is 0 Å². The average molecular weight is 432 g/mol. The van der Waals surface area contributed by atoms with Crippen LogP contribution in [0.4, 0.5) is 0 Å². The normalized spacial score (nSPS) is 11.1. The van der Waals surface area contributed by atoms with E-state index in [1.54, 1.807) is 13.3 Å². The lowest BCUT2D eigenvalue weighted by Gasteiger charge is -2.10. The van der Waals surface area contributed by atoms with E-state index in [1.807, 2.05) is 12.1 Å². The van der Waals surface area contributed by atoms with Crippen molar-refractivity contribution in [1.29, 1.82) is 0 Å². The van der Waals surface area contributed by atoms with Gasteiger partial charge in [-0.3, -0.25) is 10.1 Å². The van der Waals surface area contributed by atoms with Crippen molar-refractivity contribution >= 4 is 29.9 Å². The molecule has 0 saturated carbocycles. The molecule has 7 nitrogen and oxygen atoms in total. The Morgan fingerprint density at radius 3 is 2.83 bits per heavy atom. The van der Waals surface area contributed by atoms with E-state index in [2.05, 4.69) is 37.7 Å². The van der Waals surface area contributed by atoms with Gasteiger partial charge in [0.25, 0.3) is 0 Å². The molecule has 0 amide bonds. The minimum absolute atomic E-state index is 0. The number of rotatable bonds is 8. The second-order valence-electron chi connectivity index (χ2n) is 4.97. The van der Waals surface area contributed by atoms with E-state index < -0.39 is 0 Å². The third-order valence-electron chi connectivity index (χ3n) is 3.22. The maximum Gasteiger partial charge on any atom is 0.216 e. The zero-order chi connectivity index (χ0) is 15.6. The SMILES string of the molecule is CCCCCNC(=NC)NCCc1nc(-c2ccco2)n[nH]1.I. The molecule has 0 aliphatic heterocycles. The van der Waals surface area contributed by atoms with E-state index in [1.165, 1.54) is 12.8 Å². The molecule has 2 rings (SSSR count). The maximum atomic E-state index is 5.27. The largest absolute Gasteiger partial charge is 0.461 e. The van der Waals surface area contributed by atoms with Gasteiger partial charge in [0.05, 0.1) is 6.26 Å². The van der Waals surface area contributed by atoms with Crippen LogP contribution in [0.5, 0.6) is 0 Å². The van der Waals surface area contributed by atoms with Crippen molar-refractivity contribution in [3.8, 4) is 11.6 Å². The van der Waals surface area contributed by atoms with Gasteiger partial charge < -0.3 is 15.1 Å². The Balaban J connectivity index is 0.00000264. The van der Waals surface area contributed by atoms with Crippen LogP contribution in [0.15, 0.2) is 27.8 Å². The summed E-state index contributed by atoms with van der Waals surface area (Å²) in [5.74, 6) is 2.90. The van der Waals surface area contributed by atoms with E-state index in [0.717, 1.165) is 37.7 Å². The van der Waals surface area contributed by atoms with Gasteiger partial charge in [-0.2, -0.15) is 5.10 Å². The van der Waals surface area contributed by atoms with Crippen molar-refractivity contribution in [2.45, 2.75) is 32.6 Å². The first-order valence-corrected chi connectivity index (χ1v) is 7.73. The van der Waals surface area contributed by atoms with Crippen molar-refractivity contribution in [1.82, 2.24) is 25.8 Å². The molecule has 0 aliphatic rings. The lowest BCUT2D eigenvalue weighted by molar-refractivity contribution is 0.577. The van der Waals surface area contributed by atoms with Crippen LogP contribution in [0.2, 0.25) is 0 Å². The van der Waals surface area contributed by atoms with E-state index in [-0.39, 0.29) is 24.0 Å². The van der Waals surface area contributed by atoms with Crippen LogP contribution >= 0.6 is 24.0 Å². The fourth-order valence-electron chi connectivity index (χ4n) is 2.02. The van der Waals surface area contributed by atoms with Crippen LogP contribution in [0.1, 0.15) is 32.0 Å². The molecule has 2 heterocycles. The number of aliphatic imine (C=N–C) groups is 1. The van der Waals surface area contributed by atoms with Gasteiger partial charge in [-0.15, -0.1) is 24.0 Å². The molecule has 0 unspecified atom stereocenters. The number of furan rings is 1. The first kappa shape index (κ1) is 19.5. The van der Waals surface area contributed by atoms with E-state index in [9.17, 15) is 0 Å². The molecule has 8 heteroatoms. The molecule has 3 N–H and O–H groups in total. The minimum atomic E-state index is 0. The Bertz CT molecular complexity index is 566. The number of unbranched alkanes of at least 4 members (excludes halogenated alkanes) is 2. The van der Waals surface area contributed by atoms with Crippen molar-refractivity contribution in [2.75, 3.05) is 20.1 Å². The zero-order valence-corrected chi connectivity index (χ0v) is 16.0. The summed E-state index contributed by atoms with van der Waals surface area (Å²) in [7, 11) is 1.78. The van der Waals surface area contributed by atoms with Gasteiger partial charge in [0.15, 0.2) is 11.7 Å². The van der Waals surface area contributed by atoms with E-state index in [4.69, 9.17) is 4.42 Å². The number of H-pyrrole nitrogens is 1. The Morgan fingerprint density at radius 2 is 2.13 bits per heavy atom. The van der Waals surface area contributed by atoms with E-state index >= 15 is 0 Å². The molecule has 0 atom stereocenters. The topological polar surface area (TPSA) is 91.1 Å². The summed E-state index contributed by atoms with van der Waals surface area (Å²) in [6, 6.07) is 3.66. The monoisotopic (exact) mass is 432 g/mol. The molecule has 0 saturated heterocycles. The Labute approximate surface area is 153 Å². The summed E-state index contributed by atoms with van der Waals surface area (Å²) in [5, 5.41) is 13.6. The Morgan fingerprint density at radius 1 is 1.30 bits per heavy atom. The number of aromatic amines is 1. The molecule has 0 aliphatic carbocycles. The molecular formula is C15H25IN6O. The summed E-state index contributed by atoms with van der Waals surface area (Å²) < 4.78 is 5.27. The molecule has 0 fully saturated rings. The summed E-state index contributed by atoms with van der Waals surface area (Å²) in [5.41, 5.74) is 0. The molecular weight excluding hydrogens is 407 g/mol. The molecule has 0 aromatic carbocycles. The van der Waals surface area contributed by atoms with Gasteiger partial charge in [-0.1, -0.05) is 19.8 Å². The fourth-order valence-corrected chi connectivity index (χ4v) is 2.02. The molecule has 0 bridgehead atoms. The second-order valence-corrected chi connectivity index (χ2v) is 4.97. The first-order valence-electron chi connectivity index (χ1n) is 7.73. The summed E-state index contributed by atoms with van der Waals surface area (Å²) >= 11 is 0.